The third kappa shape index (κ3) is 1.59. The van der Waals surface area contributed by atoms with E-state index in [4.69, 9.17) is 5.11 Å². The van der Waals surface area contributed by atoms with Crippen LogP contribution < -0.4 is 0 Å². The number of carboxylic acid groups (broad SMARTS) is 1. The minimum absolute atomic E-state index is 0. The Hall–Kier alpha value is -0.804. The Labute approximate surface area is 69.1 Å². The van der Waals surface area contributed by atoms with Crippen LogP contribution >= 0.6 is 0 Å². The van der Waals surface area contributed by atoms with Crippen molar-refractivity contribution in [2.45, 2.75) is 0 Å². The summed E-state index contributed by atoms with van der Waals surface area (Å²) >= 11 is 0. The summed E-state index contributed by atoms with van der Waals surface area (Å²) < 4.78 is 0. The van der Waals surface area contributed by atoms with Crippen molar-refractivity contribution in [3.05, 3.63) is 36.0 Å². The Balaban J connectivity index is 0.000000810. The van der Waals surface area contributed by atoms with Gasteiger partial charge in [0, 0.05) is 16.8 Å². The van der Waals surface area contributed by atoms with Crippen molar-refractivity contribution in [2.24, 2.45) is 0 Å². The topological polar surface area (TPSA) is 37.3 Å². The van der Waals surface area contributed by atoms with Crippen LogP contribution in [0.2, 0.25) is 0 Å². The van der Waals surface area contributed by atoms with Gasteiger partial charge in [-0.15, -0.1) is 0 Å². The van der Waals surface area contributed by atoms with Gasteiger partial charge < -0.3 is 5.11 Å². The molecule has 0 spiro atoms. The van der Waals surface area contributed by atoms with Crippen molar-refractivity contribution >= 4 is 5.97 Å². The van der Waals surface area contributed by atoms with Crippen molar-refractivity contribution in [1.82, 2.24) is 0 Å². The second-order valence-corrected chi connectivity index (χ2v) is 1.77. The third-order valence-corrected chi connectivity index (χ3v) is 1.14. The second kappa shape index (κ2) is 3.39. The van der Waals surface area contributed by atoms with Crippen LogP contribution in [0.3, 0.4) is 0 Å². The van der Waals surface area contributed by atoms with Crippen LogP contribution in [0.4, 0.5) is 0 Å². The first-order valence-electron chi connectivity index (χ1n) is 2.53. The molecule has 0 heterocycles. The molecule has 1 radical (unpaired) electrons. The van der Waals surface area contributed by atoms with Crippen LogP contribution in [0.15, 0.2) is 36.0 Å². The molecule has 0 aromatic heterocycles. The molecule has 1 N–H and O–H groups in total. The average molecular weight is 181 g/mol. The van der Waals surface area contributed by atoms with Gasteiger partial charge in [0.2, 0.25) is 0 Å². The van der Waals surface area contributed by atoms with E-state index >= 15 is 0 Å². The first kappa shape index (κ1) is 9.20. The van der Waals surface area contributed by atoms with Gasteiger partial charge in [0.15, 0.2) is 0 Å². The van der Waals surface area contributed by atoms with Crippen LogP contribution in [-0.4, -0.2) is 11.1 Å². The molecule has 0 atom stereocenters. The molecule has 3 heteroatoms. The van der Waals surface area contributed by atoms with Crippen molar-refractivity contribution in [1.29, 1.82) is 0 Å². The van der Waals surface area contributed by atoms with Crippen LogP contribution in [0.5, 0.6) is 0 Å². The van der Waals surface area contributed by atoms with Crippen molar-refractivity contribution < 1.29 is 26.7 Å². The smallest absolute Gasteiger partial charge is 0.336 e. The predicted octanol–water partition coefficient (Wildman–Crippen LogP) is 1.12. The average Bonchev–Trinajstić information content (AvgIpc) is 2.13. The monoisotopic (exact) mass is 181 g/mol. The molecule has 55 valence electrons. The van der Waals surface area contributed by atoms with Crippen molar-refractivity contribution in [3.8, 4) is 0 Å². The van der Waals surface area contributed by atoms with Gasteiger partial charge in [-0.05, 0) is 11.6 Å². The number of aliphatic carboxylic acids is 1. The Morgan fingerprint density at radius 3 is 2.40 bits per heavy atom. The SMILES string of the molecule is C=C1C=CC=C1C(=O)O.[Co]. The number of carboxylic acids is 1. The number of hydrogen-bond donors (Lipinski definition) is 1. The molecule has 0 saturated carbocycles. The minimum Gasteiger partial charge on any atom is -0.478 e. The molecule has 0 fully saturated rings. The minimum atomic E-state index is -0.912. The van der Waals surface area contributed by atoms with Crippen LogP contribution in [0.1, 0.15) is 0 Å². The van der Waals surface area contributed by atoms with Gasteiger partial charge in [-0.1, -0.05) is 18.7 Å². The molecule has 0 aliphatic heterocycles. The van der Waals surface area contributed by atoms with Crippen LogP contribution in [-0.2, 0) is 21.6 Å². The maximum absolute atomic E-state index is 10.2. The zero-order valence-electron chi connectivity index (χ0n) is 5.13. The molecule has 0 amide bonds. The van der Waals surface area contributed by atoms with Gasteiger partial charge >= 0.3 is 5.97 Å². The summed E-state index contributed by atoms with van der Waals surface area (Å²) in [7, 11) is 0. The van der Waals surface area contributed by atoms with E-state index in [0.717, 1.165) is 0 Å². The molecule has 0 saturated heterocycles. The van der Waals surface area contributed by atoms with Gasteiger partial charge in [0.25, 0.3) is 0 Å². The van der Waals surface area contributed by atoms with Gasteiger partial charge in [-0.2, -0.15) is 0 Å². The van der Waals surface area contributed by atoms with E-state index in [2.05, 4.69) is 6.58 Å². The van der Waals surface area contributed by atoms with E-state index in [1.54, 1.807) is 12.2 Å². The van der Waals surface area contributed by atoms with Gasteiger partial charge in [-0.25, -0.2) is 4.79 Å². The normalized spacial score (nSPS) is 14.4. The fraction of sp³-hybridized carbons (Fsp3) is 0. The molecule has 2 nitrogen and oxygen atoms in total. The Bertz CT molecular complexity index is 226. The fourth-order valence-corrected chi connectivity index (χ4v) is 0.666. The fourth-order valence-electron chi connectivity index (χ4n) is 0.666. The molecule has 1 rings (SSSR count). The Kier molecular flexibility index (Phi) is 3.11. The van der Waals surface area contributed by atoms with Gasteiger partial charge in [0.05, 0.1) is 5.57 Å². The van der Waals surface area contributed by atoms with E-state index in [1.807, 2.05) is 0 Å². The zero-order valence-corrected chi connectivity index (χ0v) is 6.17. The molecule has 0 unspecified atom stereocenters. The maximum Gasteiger partial charge on any atom is 0.336 e. The summed E-state index contributed by atoms with van der Waals surface area (Å²) in [5.74, 6) is -0.912. The first-order chi connectivity index (χ1) is 4.22. The Morgan fingerprint density at radius 1 is 1.60 bits per heavy atom. The maximum atomic E-state index is 10.2. The van der Waals surface area contributed by atoms with E-state index in [0.29, 0.717) is 5.57 Å². The van der Waals surface area contributed by atoms with E-state index in [1.165, 1.54) is 6.08 Å². The standard InChI is InChI=1S/C7H6O2.Co/c1-5-3-2-4-6(5)7(8)9;/h2-4H,1H2,(H,8,9);. The molecule has 0 aromatic rings. The summed E-state index contributed by atoms with van der Waals surface area (Å²) in [4.78, 5) is 10.2. The number of allylic oxidation sites excluding steroid dienone is 3. The van der Waals surface area contributed by atoms with Crippen molar-refractivity contribution in [3.63, 3.8) is 0 Å². The predicted molar refractivity (Wildman–Crippen MR) is 34.0 cm³/mol. The number of rotatable bonds is 1. The van der Waals surface area contributed by atoms with Crippen molar-refractivity contribution in [2.75, 3.05) is 0 Å². The van der Waals surface area contributed by atoms with Crippen LogP contribution in [0.25, 0.3) is 0 Å². The summed E-state index contributed by atoms with van der Waals surface area (Å²) in [6.07, 6.45) is 4.87. The molecule has 0 aromatic carbocycles. The van der Waals surface area contributed by atoms with Gasteiger partial charge in [-0.3, -0.25) is 0 Å². The molecule has 0 bridgehead atoms. The summed E-state index contributed by atoms with van der Waals surface area (Å²) in [6.45, 7) is 3.52. The molecule has 10 heavy (non-hydrogen) atoms. The largest absolute Gasteiger partial charge is 0.478 e. The molecule has 1 aliphatic rings. The quantitative estimate of drug-likeness (QED) is 0.658. The zero-order chi connectivity index (χ0) is 6.85. The molecular weight excluding hydrogens is 175 g/mol. The van der Waals surface area contributed by atoms with E-state index in [-0.39, 0.29) is 22.4 Å². The number of hydrogen-bond acceptors (Lipinski definition) is 1. The van der Waals surface area contributed by atoms with E-state index < -0.39 is 5.97 Å². The van der Waals surface area contributed by atoms with Crippen LogP contribution in [0, 0.1) is 0 Å². The number of carbonyl (C=O) groups is 1. The third-order valence-electron chi connectivity index (χ3n) is 1.14. The Morgan fingerprint density at radius 2 is 2.20 bits per heavy atom. The molecule has 1 aliphatic carbocycles. The summed E-state index contributed by atoms with van der Waals surface area (Å²) in [5, 5.41) is 8.41. The van der Waals surface area contributed by atoms with Gasteiger partial charge in [0.1, 0.15) is 0 Å². The summed E-state index contributed by atoms with van der Waals surface area (Å²) in [5.41, 5.74) is 0.859. The molecular formula is C7H6CoO2. The van der Waals surface area contributed by atoms with E-state index in [9.17, 15) is 4.79 Å². The summed E-state index contributed by atoms with van der Waals surface area (Å²) in [6, 6.07) is 0. The first-order valence-corrected chi connectivity index (χ1v) is 2.53. The second-order valence-electron chi connectivity index (χ2n) is 1.77.